The van der Waals surface area contributed by atoms with Crippen LogP contribution in [0, 0.1) is 0 Å². The highest BCUT2D eigenvalue weighted by molar-refractivity contribution is 6.35. The molecule has 0 saturated carbocycles. The molecule has 1 aliphatic heterocycles. The third-order valence-corrected chi connectivity index (χ3v) is 7.01. The SMILES string of the molecule is Cl.O=C(CN1C=CN(C(Cl)C(OCc2ccc(Cl)cc2Cl)c2ccc(Cl)cc2)C1)NCc1ccccc1. The molecule has 5 nitrogen and oxygen atoms in total. The first-order valence-corrected chi connectivity index (χ1v) is 12.9. The minimum absolute atomic E-state index is 0. The second-order valence-electron chi connectivity index (χ2n) is 8.35. The van der Waals surface area contributed by atoms with Gasteiger partial charge in [-0.25, -0.2) is 0 Å². The maximum absolute atomic E-state index is 12.5. The lowest BCUT2D eigenvalue weighted by Crippen LogP contribution is -2.39. The number of ether oxygens (including phenoxy) is 1. The van der Waals surface area contributed by atoms with Crippen molar-refractivity contribution in [1.29, 1.82) is 0 Å². The van der Waals surface area contributed by atoms with Crippen molar-refractivity contribution in [1.82, 2.24) is 15.1 Å². The number of rotatable bonds is 10. The zero-order valence-corrected chi connectivity index (χ0v) is 23.5. The average molecular weight is 602 g/mol. The summed E-state index contributed by atoms with van der Waals surface area (Å²) < 4.78 is 6.28. The van der Waals surface area contributed by atoms with E-state index in [-0.39, 0.29) is 31.5 Å². The van der Waals surface area contributed by atoms with E-state index in [1.54, 1.807) is 24.3 Å². The highest BCUT2D eigenvalue weighted by Crippen LogP contribution is 2.32. The van der Waals surface area contributed by atoms with Crippen molar-refractivity contribution in [2.45, 2.75) is 24.8 Å². The summed E-state index contributed by atoms with van der Waals surface area (Å²) in [6.07, 6.45) is 3.23. The van der Waals surface area contributed by atoms with Crippen LogP contribution in [0.3, 0.4) is 0 Å². The van der Waals surface area contributed by atoms with Crippen molar-refractivity contribution in [3.8, 4) is 0 Å². The lowest BCUT2D eigenvalue weighted by Gasteiger charge is -2.31. The molecule has 37 heavy (non-hydrogen) atoms. The predicted octanol–water partition coefficient (Wildman–Crippen LogP) is 7.25. The van der Waals surface area contributed by atoms with Gasteiger partial charge in [-0.3, -0.25) is 4.79 Å². The molecule has 1 heterocycles. The van der Waals surface area contributed by atoms with Gasteiger partial charge < -0.3 is 19.9 Å². The molecular formula is C27H26Cl5N3O2. The summed E-state index contributed by atoms with van der Waals surface area (Å²) in [5.74, 6) is -0.0700. The van der Waals surface area contributed by atoms with Crippen LogP contribution >= 0.6 is 58.8 Å². The van der Waals surface area contributed by atoms with E-state index in [1.165, 1.54) is 0 Å². The Morgan fingerprint density at radius 1 is 0.946 bits per heavy atom. The highest BCUT2D eigenvalue weighted by Gasteiger charge is 2.30. The van der Waals surface area contributed by atoms with Crippen LogP contribution in [-0.4, -0.2) is 34.4 Å². The van der Waals surface area contributed by atoms with Gasteiger partial charge in [0.25, 0.3) is 0 Å². The summed E-state index contributed by atoms with van der Waals surface area (Å²) in [6.45, 7) is 1.40. The second-order valence-corrected chi connectivity index (χ2v) is 10.1. The summed E-state index contributed by atoms with van der Waals surface area (Å²) in [7, 11) is 0. The van der Waals surface area contributed by atoms with Gasteiger partial charge in [-0.15, -0.1) is 12.4 Å². The van der Waals surface area contributed by atoms with Gasteiger partial charge >= 0.3 is 0 Å². The molecule has 0 spiro atoms. The minimum Gasteiger partial charge on any atom is -0.365 e. The molecule has 4 rings (SSSR count). The zero-order valence-electron chi connectivity index (χ0n) is 19.7. The Morgan fingerprint density at radius 2 is 1.65 bits per heavy atom. The average Bonchev–Trinajstić information content (AvgIpc) is 3.34. The van der Waals surface area contributed by atoms with Crippen molar-refractivity contribution in [3.05, 3.63) is 117 Å². The first-order chi connectivity index (χ1) is 17.4. The van der Waals surface area contributed by atoms with Crippen molar-refractivity contribution >= 4 is 64.7 Å². The number of nitrogens with one attached hydrogen (secondary N) is 1. The van der Waals surface area contributed by atoms with Crippen LogP contribution in [0.15, 0.2) is 85.2 Å². The van der Waals surface area contributed by atoms with Gasteiger partial charge in [0.05, 0.1) is 19.8 Å². The van der Waals surface area contributed by atoms with Gasteiger partial charge in [0.2, 0.25) is 5.91 Å². The van der Waals surface area contributed by atoms with Crippen molar-refractivity contribution in [3.63, 3.8) is 0 Å². The van der Waals surface area contributed by atoms with Crippen LogP contribution in [0.5, 0.6) is 0 Å². The second kappa shape index (κ2) is 14.1. The number of carbonyl (C=O) groups excluding carboxylic acids is 1. The van der Waals surface area contributed by atoms with Gasteiger partial charge in [-0.05, 0) is 41.0 Å². The molecule has 2 atom stereocenters. The van der Waals surface area contributed by atoms with Crippen molar-refractivity contribution < 1.29 is 9.53 Å². The molecule has 10 heteroatoms. The molecular weight excluding hydrogens is 576 g/mol. The highest BCUT2D eigenvalue weighted by atomic mass is 35.5. The molecule has 196 valence electrons. The zero-order chi connectivity index (χ0) is 25.5. The Morgan fingerprint density at radius 3 is 2.35 bits per heavy atom. The topological polar surface area (TPSA) is 44.8 Å². The largest absolute Gasteiger partial charge is 0.365 e. The summed E-state index contributed by atoms with van der Waals surface area (Å²) in [5.41, 5.74) is 2.18. The number of benzene rings is 3. The number of hydrogen-bond donors (Lipinski definition) is 1. The third-order valence-electron chi connectivity index (χ3n) is 5.69. The quantitative estimate of drug-likeness (QED) is 0.196. The molecule has 0 aliphatic carbocycles. The van der Waals surface area contributed by atoms with E-state index in [1.807, 2.05) is 70.7 Å². The minimum atomic E-state index is -0.550. The Labute approximate surface area is 243 Å². The maximum Gasteiger partial charge on any atom is 0.239 e. The molecule has 1 aliphatic rings. The number of halogens is 5. The molecule has 3 aromatic carbocycles. The van der Waals surface area contributed by atoms with Crippen molar-refractivity contribution in [2.75, 3.05) is 13.2 Å². The lowest BCUT2D eigenvalue weighted by molar-refractivity contribution is -0.122. The van der Waals surface area contributed by atoms with Gasteiger partial charge in [0, 0.05) is 34.0 Å². The Bertz CT molecular complexity index is 1190. The number of carbonyl (C=O) groups is 1. The standard InChI is InChI=1S/C27H25Cl4N3O2.ClH/c28-22-9-6-20(7-10-22)26(36-17-21-8-11-23(29)14-24(21)30)27(31)34-13-12-33(18-34)16-25(35)32-15-19-4-2-1-3-5-19;/h1-14,26-27H,15-18H2,(H,32,35);1H. The Balaban J connectivity index is 0.00000380. The van der Waals surface area contributed by atoms with E-state index in [2.05, 4.69) is 5.32 Å². The summed E-state index contributed by atoms with van der Waals surface area (Å²) in [6, 6.07) is 22.5. The van der Waals surface area contributed by atoms with Crippen LogP contribution in [0.2, 0.25) is 15.1 Å². The number of nitrogens with zero attached hydrogens (tertiary/aromatic N) is 2. The third kappa shape index (κ3) is 8.44. The lowest BCUT2D eigenvalue weighted by atomic mass is 10.1. The van der Waals surface area contributed by atoms with Gasteiger partial charge in [-0.2, -0.15) is 0 Å². The normalized spacial score (nSPS) is 14.3. The summed E-state index contributed by atoms with van der Waals surface area (Å²) in [5, 5.41) is 4.65. The molecule has 1 amide bonds. The fourth-order valence-corrected chi connectivity index (χ4v) is 4.70. The van der Waals surface area contributed by atoms with Crippen molar-refractivity contribution in [2.24, 2.45) is 0 Å². The molecule has 0 radical (unpaired) electrons. The van der Waals surface area contributed by atoms with Crippen LogP contribution in [0.25, 0.3) is 0 Å². The first-order valence-electron chi connectivity index (χ1n) is 11.3. The van der Waals surface area contributed by atoms with Crippen LogP contribution < -0.4 is 5.32 Å². The molecule has 3 aromatic rings. The van der Waals surface area contributed by atoms with Gasteiger partial charge in [-0.1, -0.05) is 94.9 Å². The van der Waals surface area contributed by atoms with Crippen LogP contribution in [0.1, 0.15) is 22.8 Å². The van der Waals surface area contributed by atoms with E-state index in [0.29, 0.717) is 28.3 Å². The summed E-state index contributed by atoms with van der Waals surface area (Å²) >= 11 is 25.4. The fraction of sp³-hybridized carbons (Fsp3) is 0.222. The van der Waals surface area contributed by atoms with E-state index in [9.17, 15) is 4.79 Å². The first kappa shape index (κ1) is 29.4. The summed E-state index contributed by atoms with van der Waals surface area (Å²) in [4.78, 5) is 16.3. The molecule has 1 N–H and O–H groups in total. The van der Waals surface area contributed by atoms with Crippen LogP contribution in [-0.2, 0) is 22.7 Å². The number of alkyl halides is 1. The molecule has 0 saturated heterocycles. The van der Waals surface area contributed by atoms with E-state index in [4.69, 9.17) is 51.1 Å². The molecule has 0 bridgehead atoms. The van der Waals surface area contributed by atoms with E-state index >= 15 is 0 Å². The van der Waals surface area contributed by atoms with E-state index in [0.717, 1.165) is 16.7 Å². The number of amides is 1. The number of hydrogen-bond acceptors (Lipinski definition) is 4. The van der Waals surface area contributed by atoms with E-state index < -0.39 is 11.6 Å². The maximum atomic E-state index is 12.5. The Kier molecular flexibility index (Phi) is 11.3. The Hall–Kier alpha value is -2.12. The molecule has 0 aromatic heterocycles. The fourth-order valence-electron chi connectivity index (χ4n) is 3.76. The smallest absolute Gasteiger partial charge is 0.239 e. The molecule has 2 unspecified atom stereocenters. The monoisotopic (exact) mass is 599 g/mol. The van der Waals surface area contributed by atoms with Gasteiger partial charge in [0.1, 0.15) is 11.6 Å². The molecule has 0 fully saturated rings. The predicted molar refractivity (Wildman–Crippen MR) is 153 cm³/mol. The van der Waals surface area contributed by atoms with Crippen LogP contribution in [0.4, 0.5) is 0 Å². The van der Waals surface area contributed by atoms with Gasteiger partial charge in [0.15, 0.2) is 0 Å².